The largest absolute Gasteiger partial charge is 0.481 e. The summed E-state index contributed by atoms with van der Waals surface area (Å²) in [6.07, 6.45) is 1.01. The fourth-order valence-corrected chi connectivity index (χ4v) is 2.54. The fraction of sp³-hybridized carbons (Fsp3) is 0.571. The minimum atomic E-state index is -0.775. The van der Waals surface area contributed by atoms with E-state index < -0.39 is 5.97 Å². The van der Waals surface area contributed by atoms with Gasteiger partial charge in [-0.1, -0.05) is 0 Å². The van der Waals surface area contributed by atoms with Crippen molar-refractivity contribution in [2.24, 2.45) is 5.92 Å². The molecule has 1 aliphatic rings. The number of rotatable bonds is 3. The Kier molecular flexibility index (Phi) is 4.32. The molecule has 2 heterocycles. The van der Waals surface area contributed by atoms with Crippen LogP contribution in [-0.4, -0.2) is 34.6 Å². The Hall–Kier alpha value is -1.98. The fourth-order valence-electron chi connectivity index (χ4n) is 2.54. The molecule has 0 bridgehead atoms. The van der Waals surface area contributed by atoms with E-state index in [1.165, 1.54) is 0 Å². The van der Waals surface area contributed by atoms with Gasteiger partial charge in [-0.15, -0.1) is 0 Å². The van der Waals surface area contributed by atoms with E-state index in [1.807, 2.05) is 26.0 Å². The third kappa shape index (κ3) is 3.31. The smallest absolute Gasteiger partial charge is 0.318 e. The first-order valence-corrected chi connectivity index (χ1v) is 6.80. The van der Waals surface area contributed by atoms with Gasteiger partial charge in [-0.25, -0.2) is 4.79 Å². The predicted octanol–water partition coefficient (Wildman–Crippen LogP) is 1.98. The highest BCUT2D eigenvalue weighted by atomic mass is 16.4. The first-order chi connectivity index (χ1) is 9.47. The molecule has 0 spiro atoms. The number of carbonyl (C=O) groups excluding carboxylic acids is 1. The molecule has 6 heteroatoms. The first-order valence-electron chi connectivity index (χ1n) is 6.80. The van der Waals surface area contributed by atoms with Crippen LogP contribution in [0.2, 0.25) is 0 Å². The van der Waals surface area contributed by atoms with E-state index >= 15 is 0 Å². The maximum atomic E-state index is 12.1. The van der Waals surface area contributed by atoms with Crippen LogP contribution in [0.15, 0.2) is 16.5 Å². The van der Waals surface area contributed by atoms with Crippen molar-refractivity contribution < 1.29 is 19.1 Å². The maximum Gasteiger partial charge on any atom is 0.318 e. The minimum Gasteiger partial charge on any atom is -0.481 e. The number of amides is 2. The van der Waals surface area contributed by atoms with Gasteiger partial charge >= 0.3 is 12.0 Å². The molecule has 1 aliphatic heterocycles. The third-order valence-electron chi connectivity index (χ3n) is 3.70. The predicted molar refractivity (Wildman–Crippen MR) is 72.2 cm³/mol. The van der Waals surface area contributed by atoms with E-state index in [9.17, 15) is 9.59 Å². The van der Waals surface area contributed by atoms with E-state index in [4.69, 9.17) is 9.52 Å². The van der Waals surface area contributed by atoms with Crippen molar-refractivity contribution in [2.45, 2.75) is 39.3 Å². The quantitative estimate of drug-likeness (QED) is 0.887. The molecule has 110 valence electrons. The van der Waals surface area contributed by atoms with Crippen LogP contribution in [0.4, 0.5) is 4.79 Å². The Morgan fingerprint density at radius 2 is 2.25 bits per heavy atom. The Bertz CT molecular complexity index is 497. The Balaban J connectivity index is 1.85. The van der Waals surface area contributed by atoms with Gasteiger partial charge in [0.2, 0.25) is 0 Å². The van der Waals surface area contributed by atoms with Crippen LogP contribution in [0.3, 0.4) is 0 Å². The van der Waals surface area contributed by atoms with Gasteiger partial charge in [0.05, 0.1) is 12.5 Å². The minimum absolute atomic E-state index is 0.0665. The topological polar surface area (TPSA) is 82.8 Å². The van der Waals surface area contributed by atoms with Crippen LogP contribution in [0, 0.1) is 12.8 Å². The highest BCUT2D eigenvalue weighted by Crippen LogP contribution is 2.23. The summed E-state index contributed by atoms with van der Waals surface area (Å²) in [4.78, 5) is 24.7. The average Bonchev–Trinajstić information content (AvgIpc) is 2.81. The number of carboxylic acid groups (broad SMARTS) is 1. The lowest BCUT2D eigenvalue weighted by Crippen LogP contribution is -2.49. The number of nitrogens with zero attached hydrogens (tertiary/aromatic N) is 1. The molecule has 2 amide bonds. The molecule has 20 heavy (non-hydrogen) atoms. The molecule has 1 saturated heterocycles. The van der Waals surface area contributed by atoms with Gasteiger partial charge in [-0.2, -0.15) is 0 Å². The lowest BCUT2D eigenvalue weighted by Gasteiger charge is -2.36. The second-order valence-electron chi connectivity index (χ2n) is 5.27. The average molecular weight is 280 g/mol. The van der Waals surface area contributed by atoms with Crippen LogP contribution >= 0.6 is 0 Å². The molecule has 1 aromatic heterocycles. The van der Waals surface area contributed by atoms with Crippen LogP contribution in [-0.2, 0) is 11.3 Å². The van der Waals surface area contributed by atoms with Gasteiger partial charge in [0, 0.05) is 12.6 Å². The number of aliphatic carboxylic acids is 1. The number of hydrogen-bond acceptors (Lipinski definition) is 3. The first kappa shape index (κ1) is 14.4. The number of aryl methyl sites for hydroxylation is 1. The van der Waals surface area contributed by atoms with Crippen molar-refractivity contribution in [3.05, 3.63) is 23.7 Å². The van der Waals surface area contributed by atoms with E-state index in [0.717, 1.165) is 5.76 Å². The summed E-state index contributed by atoms with van der Waals surface area (Å²) in [5.41, 5.74) is 0. The summed E-state index contributed by atoms with van der Waals surface area (Å²) in [7, 11) is 0. The third-order valence-corrected chi connectivity index (χ3v) is 3.70. The SMILES string of the molecule is Cc1ccc(CNC(=O)N2CCC(C(=O)O)CC2C)o1. The highest BCUT2D eigenvalue weighted by Gasteiger charge is 2.32. The van der Waals surface area contributed by atoms with E-state index in [1.54, 1.807) is 4.90 Å². The number of carbonyl (C=O) groups is 2. The van der Waals surface area contributed by atoms with Crippen LogP contribution in [0.1, 0.15) is 31.3 Å². The van der Waals surface area contributed by atoms with Crippen molar-refractivity contribution in [2.75, 3.05) is 6.54 Å². The molecule has 2 rings (SSSR count). The molecule has 2 atom stereocenters. The van der Waals surface area contributed by atoms with E-state index in [0.29, 0.717) is 31.7 Å². The zero-order valence-corrected chi connectivity index (χ0v) is 11.8. The zero-order valence-electron chi connectivity index (χ0n) is 11.8. The van der Waals surface area contributed by atoms with Gasteiger partial charge in [0.1, 0.15) is 11.5 Å². The molecule has 2 unspecified atom stereocenters. The molecule has 1 fully saturated rings. The highest BCUT2D eigenvalue weighted by molar-refractivity contribution is 5.75. The lowest BCUT2D eigenvalue weighted by molar-refractivity contribution is -0.143. The number of hydrogen-bond donors (Lipinski definition) is 2. The van der Waals surface area contributed by atoms with Crippen LogP contribution in [0.5, 0.6) is 0 Å². The monoisotopic (exact) mass is 280 g/mol. The second kappa shape index (κ2) is 5.98. The standard InChI is InChI=1S/C14H20N2O4/c1-9-7-11(13(17)18)5-6-16(9)14(19)15-8-12-4-3-10(2)20-12/h3-4,9,11H,5-8H2,1-2H3,(H,15,19)(H,17,18). The Morgan fingerprint density at radius 3 is 2.80 bits per heavy atom. The zero-order chi connectivity index (χ0) is 14.7. The van der Waals surface area contributed by atoms with Crippen molar-refractivity contribution in [1.29, 1.82) is 0 Å². The van der Waals surface area contributed by atoms with Crippen molar-refractivity contribution in [3.63, 3.8) is 0 Å². The summed E-state index contributed by atoms with van der Waals surface area (Å²) >= 11 is 0. The summed E-state index contributed by atoms with van der Waals surface area (Å²) in [5.74, 6) is 0.401. The van der Waals surface area contributed by atoms with Gasteiger partial charge in [0.25, 0.3) is 0 Å². The van der Waals surface area contributed by atoms with Crippen LogP contribution in [0.25, 0.3) is 0 Å². The van der Waals surface area contributed by atoms with Crippen molar-refractivity contribution in [1.82, 2.24) is 10.2 Å². The summed E-state index contributed by atoms with van der Waals surface area (Å²) in [5, 5.41) is 11.8. The van der Waals surface area contributed by atoms with Gasteiger partial charge < -0.3 is 19.7 Å². The van der Waals surface area contributed by atoms with Gasteiger partial charge in [-0.05, 0) is 38.8 Å². The van der Waals surface area contributed by atoms with Crippen LogP contribution < -0.4 is 5.32 Å². The molecule has 0 radical (unpaired) electrons. The Labute approximate surface area is 117 Å². The molecule has 1 aromatic rings. The summed E-state index contributed by atoms with van der Waals surface area (Å²) < 4.78 is 5.39. The van der Waals surface area contributed by atoms with Crippen molar-refractivity contribution in [3.8, 4) is 0 Å². The molecule has 6 nitrogen and oxygen atoms in total. The van der Waals surface area contributed by atoms with Gasteiger partial charge in [-0.3, -0.25) is 4.79 Å². The molecule has 2 N–H and O–H groups in total. The number of likely N-dealkylation sites (tertiary alicyclic amines) is 1. The normalized spacial score (nSPS) is 22.6. The molecular formula is C14H20N2O4. The van der Waals surface area contributed by atoms with Crippen molar-refractivity contribution >= 4 is 12.0 Å². The number of urea groups is 1. The van der Waals surface area contributed by atoms with Gasteiger partial charge in [0.15, 0.2) is 0 Å². The molecular weight excluding hydrogens is 260 g/mol. The van der Waals surface area contributed by atoms with E-state index in [-0.39, 0.29) is 18.0 Å². The number of nitrogens with one attached hydrogen (secondary N) is 1. The number of piperidine rings is 1. The molecule has 0 aromatic carbocycles. The Morgan fingerprint density at radius 1 is 1.50 bits per heavy atom. The number of furan rings is 1. The second-order valence-corrected chi connectivity index (χ2v) is 5.27. The summed E-state index contributed by atoms with van der Waals surface area (Å²) in [6, 6.07) is 3.44. The maximum absolute atomic E-state index is 12.1. The number of carboxylic acids is 1. The molecule has 0 aliphatic carbocycles. The lowest BCUT2D eigenvalue weighted by atomic mass is 9.92. The van der Waals surface area contributed by atoms with E-state index in [2.05, 4.69) is 5.32 Å². The summed E-state index contributed by atoms with van der Waals surface area (Å²) in [6.45, 7) is 4.55. The molecule has 0 saturated carbocycles.